The molecule has 0 unspecified atom stereocenters. The normalized spacial score (nSPS) is 10.5. The molecule has 0 atom stereocenters. The number of methoxy groups -OCH3 is 1. The van der Waals surface area contributed by atoms with Gasteiger partial charge in [-0.25, -0.2) is 0 Å². The SMILES string of the molecule is CCc1ccc(Nc2nnc(SCC(=O)Nc3cc([N+](=O)[O-])ccc3OC)s2)cc1. The van der Waals surface area contributed by atoms with Crippen LogP contribution in [0.15, 0.2) is 46.8 Å². The summed E-state index contributed by atoms with van der Waals surface area (Å²) in [7, 11) is 1.43. The predicted octanol–water partition coefficient (Wildman–Crippen LogP) is 4.49. The van der Waals surface area contributed by atoms with Crippen LogP contribution in [0.1, 0.15) is 12.5 Å². The Labute approximate surface area is 181 Å². The molecule has 0 spiro atoms. The number of amides is 1. The van der Waals surface area contributed by atoms with Crippen molar-refractivity contribution in [3.63, 3.8) is 0 Å². The molecule has 2 aromatic carbocycles. The van der Waals surface area contributed by atoms with E-state index in [1.54, 1.807) is 0 Å². The summed E-state index contributed by atoms with van der Waals surface area (Å²) in [6.45, 7) is 2.10. The van der Waals surface area contributed by atoms with E-state index in [4.69, 9.17) is 4.74 Å². The van der Waals surface area contributed by atoms with Crippen molar-refractivity contribution >= 4 is 51.2 Å². The van der Waals surface area contributed by atoms with Gasteiger partial charge in [0.2, 0.25) is 11.0 Å². The molecule has 1 aromatic heterocycles. The molecule has 0 aliphatic heterocycles. The van der Waals surface area contributed by atoms with Crippen molar-refractivity contribution in [3.8, 4) is 5.75 Å². The van der Waals surface area contributed by atoms with Gasteiger partial charge in [-0.1, -0.05) is 42.2 Å². The second kappa shape index (κ2) is 10.0. The van der Waals surface area contributed by atoms with E-state index >= 15 is 0 Å². The molecule has 30 heavy (non-hydrogen) atoms. The van der Waals surface area contributed by atoms with Crippen molar-refractivity contribution in [2.75, 3.05) is 23.5 Å². The summed E-state index contributed by atoms with van der Waals surface area (Å²) >= 11 is 2.56. The number of benzene rings is 2. The smallest absolute Gasteiger partial charge is 0.271 e. The van der Waals surface area contributed by atoms with Crippen LogP contribution in [0.3, 0.4) is 0 Å². The van der Waals surface area contributed by atoms with Crippen molar-refractivity contribution in [2.45, 2.75) is 17.7 Å². The summed E-state index contributed by atoms with van der Waals surface area (Å²) in [6.07, 6.45) is 0.976. The molecular formula is C19H19N5O4S2. The molecule has 3 aromatic rings. The second-order valence-electron chi connectivity index (χ2n) is 6.03. The number of nitrogens with zero attached hydrogens (tertiary/aromatic N) is 3. The van der Waals surface area contributed by atoms with Gasteiger partial charge in [0.25, 0.3) is 5.69 Å². The van der Waals surface area contributed by atoms with Gasteiger partial charge in [0, 0.05) is 17.8 Å². The number of thioether (sulfide) groups is 1. The van der Waals surface area contributed by atoms with E-state index in [2.05, 4.69) is 27.8 Å². The standard InChI is InChI=1S/C19H19N5O4S2/c1-3-12-4-6-13(7-5-12)20-18-22-23-19(30-18)29-11-17(25)21-15-10-14(24(26)27)8-9-16(15)28-2/h4-10H,3,11H2,1-2H3,(H,20,22)(H,21,25). The number of rotatable bonds is 9. The van der Waals surface area contributed by atoms with Gasteiger partial charge in [-0.2, -0.15) is 0 Å². The maximum Gasteiger partial charge on any atom is 0.271 e. The molecule has 0 aliphatic rings. The molecule has 11 heteroatoms. The van der Waals surface area contributed by atoms with Gasteiger partial charge in [-0.15, -0.1) is 10.2 Å². The summed E-state index contributed by atoms with van der Waals surface area (Å²) in [5.74, 6) is 0.0835. The van der Waals surface area contributed by atoms with Gasteiger partial charge in [0.05, 0.1) is 23.5 Å². The van der Waals surface area contributed by atoms with Crippen molar-refractivity contribution in [3.05, 3.63) is 58.1 Å². The molecular weight excluding hydrogens is 426 g/mol. The Bertz CT molecular complexity index is 1040. The van der Waals surface area contributed by atoms with E-state index in [0.29, 0.717) is 15.2 Å². The number of carbonyl (C=O) groups excluding carboxylic acids is 1. The van der Waals surface area contributed by atoms with Gasteiger partial charge >= 0.3 is 0 Å². The highest BCUT2D eigenvalue weighted by Crippen LogP contribution is 2.30. The lowest BCUT2D eigenvalue weighted by molar-refractivity contribution is -0.384. The van der Waals surface area contributed by atoms with Crippen LogP contribution in [0.2, 0.25) is 0 Å². The first kappa shape index (κ1) is 21.5. The van der Waals surface area contributed by atoms with E-state index in [1.807, 2.05) is 24.3 Å². The van der Waals surface area contributed by atoms with Crippen LogP contribution < -0.4 is 15.4 Å². The van der Waals surface area contributed by atoms with Gasteiger partial charge in [0.15, 0.2) is 4.34 Å². The molecule has 1 heterocycles. The molecule has 0 saturated carbocycles. The summed E-state index contributed by atoms with van der Waals surface area (Å²) in [4.78, 5) is 22.7. The highest BCUT2D eigenvalue weighted by molar-refractivity contribution is 8.01. The number of anilines is 3. The zero-order valence-electron chi connectivity index (χ0n) is 16.2. The Morgan fingerprint density at radius 1 is 1.23 bits per heavy atom. The first-order valence-corrected chi connectivity index (χ1v) is 10.7. The Balaban J connectivity index is 1.56. The van der Waals surface area contributed by atoms with Gasteiger partial charge in [-0.3, -0.25) is 14.9 Å². The third-order valence-electron chi connectivity index (χ3n) is 4.01. The Morgan fingerprint density at radius 2 is 2.00 bits per heavy atom. The van der Waals surface area contributed by atoms with Crippen molar-refractivity contribution < 1.29 is 14.5 Å². The van der Waals surface area contributed by atoms with E-state index in [-0.39, 0.29) is 23.0 Å². The first-order chi connectivity index (χ1) is 14.5. The summed E-state index contributed by atoms with van der Waals surface area (Å²) in [5, 5.41) is 25.5. The monoisotopic (exact) mass is 445 g/mol. The fourth-order valence-corrected chi connectivity index (χ4v) is 4.06. The number of nitro groups is 1. The van der Waals surface area contributed by atoms with E-state index in [9.17, 15) is 14.9 Å². The third-order valence-corrected chi connectivity index (χ3v) is 5.99. The third kappa shape index (κ3) is 5.67. The topological polar surface area (TPSA) is 119 Å². The number of nitro benzene ring substituents is 1. The summed E-state index contributed by atoms with van der Waals surface area (Å²) < 4.78 is 5.77. The number of aromatic nitrogens is 2. The number of non-ortho nitro benzene ring substituents is 1. The summed E-state index contributed by atoms with van der Waals surface area (Å²) in [6, 6.07) is 12.1. The highest BCUT2D eigenvalue weighted by Gasteiger charge is 2.15. The molecule has 0 fully saturated rings. The fourth-order valence-electron chi connectivity index (χ4n) is 2.49. The number of carbonyl (C=O) groups is 1. The Morgan fingerprint density at radius 3 is 2.67 bits per heavy atom. The number of hydrogen-bond donors (Lipinski definition) is 2. The average molecular weight is 446 g/mol. The predicted molar refractivity (Wildman–Crippen MR) is 118 cm³/mol. The maximum absolute atomic E-state index is 12.3. The number of hydrogen-bond acceptors (Lipinski definition) is 9. The quantitative estimate of drug-likeness (QED) is 0.281. The molecule has 0 bridgehead atoms. The lowest BCUT2D eigenvalue weighted by Gasteiger charge is -2.09. The highest BCUT2D eigenvalue weighted by atomic mass is 32.2. The minimum Gasteiger partial charge on any atom is -0.495 e. The van der Waals surface area contributed by atoms with Crippen molar-refractivity contribution in [1.29, 1.82) is 0 Å². The maximum atomic E-state index is 12.3. The van der Waals surface area contributed by atoms with Crippen LogP contribution >= 0.6 is 23.1 Å². The minimum absolute atomic E-state index is 0.0751. The molecule has 9 nitrogen and oxygen atoms in total. The number of ether oxygens (including phenoxy) is 1. The van der Waals surface area contributed by atoms with E-state index < -0.39 is 4.92 Å². The van der Waals surface area contributed by atoms with Crippen LogP contribution in [0.25, 0.3) is 0 Å². The van der Waals surface area contributed by atoms with Gasteiger partial charge in [-0.05, 0) is 30.2 Å². The van der Waals surface area contributed by atoms with Crippen LogP contribution in [-0.4, -0.2) is 33.9 Å². The van der Waals surface area contributed by atoms with Crippen LogP contribution in [0.5, 0.6) is 5.75 Å². The molecule has 2 N–H and O–H groups in total. The van der Waals surface area contributed by atoms with Crippen LogP contribution in [-0.2, 0) is 11.2 Å². The van der Waals surface area contributed by atoms with Gasteiger partial charge in [0.1, 0.15) is 5.75 Å². The van der Waals surface area contributed by atoms with Crippen molar-refractivity contribution in [2.24, 2.45) is 0 Å². The van der Waals surface area contributed by atoms with E-state index in [0.717, 1.165) is 12.1 Å². The van der Waals surface area contributed by atoms with Crippen LogP contribution in [0.4, 0.5) is 22.2 Å². The lowest BCUT2D eigenvalue weighted by atomic mass is 10.1. The number of nitrogens with one attached hydrogen (secondary N) is 2. The molecule has 1 amide bonds. The molecule has 0 aliphatic carbocycles. The molecule has 0 radical (unpaired) electrons. The lowest BCUT2D eigenvalue weighted by Crippen LogP contribution is -2.14. The molecule has 3 rings (SSSR count). The summed E-state index contributed by atoms with van der Waals surface area (Å²) in [5.41, 5.74) is 2.27. The zero-order valence-corrected chi connectivity index (χ0v) is 17.9. The average Bonchev–Trinajstić information content (AvgIpc) is 3.20. The Hall–Kier alpha value is -3.18. The van der Waals surface area contributed by atoms with Gasteiger partial charge < -0.3 is 15.4 Å². The fraction of sp³-hybridized carbons (Fsp3) is 0.211. The first-order valence-electron chi connectivity index (χ1n) is 8.93. The second-order valence-corrected chi connectivity index (χ2v) is 8.23. The molecule has 0 saturated heterocycles. The largest absolute Gasteiger partial charge is 0.495 e. The van der Waals surface area contributed by atoms with E-state index in [1.165, 1.54) is 54.0 Å². The number of aryl methyl sites for hydroxylation is 1. The van der Waals surface area contributed by atoms with Crippen LogP contribution in [0, 0.1) is 10.1 Å². The van der Waals surface area contributed by atoms with Crippen molar-refractivity contribution in [1.82, 2.24) is 10.2 Å². The minimum atomic E-state index is -0.532. The molecule has 156 valence electrons. The Kier molecular flexibility index (Phi) is 7.20. The zero-order chi connectivity index (χ0) is 21.5.